The van der Waals surface area contributed by atoms with E-state index in [9.17, 15) is 14.4 Å². The number of ketones is 1. The molecule has 2 amide bonds. The van der Waals surface area contributed by atoms with Gasteiger partial charge in [-0.3, -0.25) is 19.1 Å². The number of carbonyl (C=O) groups is 3. The monoisotopic (exact) mass is 303 g/mol. The molecule has 1 aliphatic carbocycles. The van der Waals surface area contributed by atoms with Gasteiger partial charge in [-0.2, -0.15) is 10.4 Å². The van der Waals surface area contributed by atoms with Crippen molar-refractivity contribution < 1.29 is 14.4 Å². The van der Waals surface area contributed by atoms with E-state index in [1.54, 1.807) is 0 Å². The molecule has 0 unspecified atom stereocenters. The highest BCUT2D eigenvalue weighted by Gasteiger charge is 2.38. The van der Waals surface area contributed by atoms with Crippen LogP contribution in [0.5, 0.6) is 0 Å². The Morgan fingerprint density at radius 2 is 2.14 bits per heavy atom. The van der Waals surface area contributed by atoms with Crippen LogP contribution in [0, 0.1) is 11.3 Å². The third-order valence-corrected chi connectivity index (χ3v) is 3.91. The molecule has 0 aromatic carbocycles. The molecule has 0 radical (unpaired) electrons. The lowest BCUT2D eigenvalue weighted by Crippen LogP contribution is -2.38. The summed E-state index contributed by atoms with van der Waals surface area (Å²) in [6.45, 7) is 1.30. The number of carbonyl (C=O) groups excluding carboxylic acids is 3. The summed E-state index contributed by atoms with van der Waals surface area (Å²) in [5, 5.41) is 15.8. The molecule has 1 fully saturated rings. The minimum Gasteiger partial charge on any atom is -0.365 e. The van der Waals surface area contributed by atoms with Crippen molar-refractivity contribution in [1.82, 2.24) is 9.78 Å². The maximum absolute atomic E-state index is 11.5. The first-order valence-electron chi connectivity index (χ1n) is 6.94. The molecule has 0 spiro atoms. The summed E-state index contributed by atoms with van der Waals surface area (Å²) >= 11 is 0. The second kappa shape index (κ2) is 5.97. The van der Waals surface area contributed by atoms with Crippen molar-refractivity contribution in [1.29, 1.82) is 5.26 Å². The molecule has 0 atom stereocenters. The number of Topliss-reactive ketones (excluding diaryl/α,β-unsaturated/α-hetero) is 1. The molecule has 1 heterocycles. The van der Waals surface area contributed by atoms with Crippen molar-refractivity contribution >= 4 is 23.4 Å². The summed E-state index contributed by atoms with van der Waals surface area (Å²) in [4.78, 5) is 34.2. The average molecular weight is 303 g/mol. The van der Waals surface area contributed by atoms with Gasteiger partial charge in [0.05, 0.1) is 18.0 Å². The normalized spacial score (nSPS) is 16.8. The van der Waals surface area contributed by atoms with E-state index in [4.69, 9.17) is 11.0 Å². The molecule has 0 bridgehead atoms. The number of nitrogens with two attached hydrogens (primary N) is 1. The zero-order valence-electron chi connectivity index (χ0n) is 12.3. The van der Waals surface area contributed by atoms with E-state index in [1.807, 2.05) is 0 Å². The number of nitrogens with zero attached hydrogens (tertiary/aromatic N) is 3. The number of amides is 2. The van der Waals surface area contributed by atoms with Gasteiger partial charge in [0.1, 0.15) is 11.3 Å². The Morgan fingerprint density at radius 1 is 1.50 bits per heavy atom. The number of rotatable bonds is 4. The van der Waals surface area contributed by atoms with E-state index in [0.29, 0.717) is 25.7 Å². The summed E-state index contributed by atoms with van der Waals surface area (Å²) in [6.07, 6.45) is 3.28. The van der Waals surface area contributed by atoms with Crippen LogP contribution in [0.25, 0.3) is 0 Å². The summed E-state index contributed by atoms with van der Waals surface area (Å²) in [5.41, 5.74) is 4.75. The minimum atomic E-state index is -0.714. The fourth-order valence-electron chi connectivity index (χ4n) is 2.68. The van der Waals surface area contributed by atoms with Gasteiger partial charge in [0.2, 0.25) is 5.91 Å². The predicted octanol–water partition coefficient (Wildman–Crippen LogP) is 0.692. The molecule has 22 heavy (non-hydrogen) atoms. The van der Waals surface area contributed by atoms with E-state index >= 15 is 0 Å². The van der Waals surface area contributed by atoms with Gasteiger partial charge in [0, 0.05) is 26.0 Å². The molecule has 0 saturated heterocycles. The van der Waals surface area contributed by atoms with Crippen LogP contribution in [-0.4, -0.2) is 27.4 Å². The van der Waals surface area contributed by atoms with Crippen molar-refractivity contribution in [2.45, 2.75) is 44.6 Å². The zero-order chi connectivity index (χ0) is 16.3. The van der Waals surface area contributed by atoms with Gasteiger partial charge >= 0.3 is 0 Å². The number of hydrogen-bond donors (Lipinski definition) is 2. The number of nitrogens with one attached hydrogen (secondary N) is 1. The zero-order valence-corrected chi connectivity index (χ0v) is 12.3. The first-order chi connectivity index (χ1) is 10.4. The van der Waals surface area contributed by atoms with E-state index < -0.39 is 11.4 Å². The van der Waals surface area contributed by atoms with E-state index in [2.05, 4.69) is 16.5 Å². The van der Waals surface area contributed by atoms with Gasteiger partial charge in [-0.05, 0) is 12.8 Å². The van der Waals surface area contributed by atoms with Gasteiger partial charge in [-0.15, -0.1) is 0 Å². The van der Waals surface area contributed by atoms with E-state index in [1.165, 1.54) is 17.8 Å². The Hall–Kier alpha value is -2.69. The molecule has 3 N–H and O–H groups in total. The third kappa shape index (κ3) is 2.98. The highest BCUT2D eigenvalue weighted by atomic mass is 16.2. The lowest BCUT2D eigenvalue weighted by molar-refractivity contribution is -0.122. The van der Waals surface area contributed by atoms with Crippen LogP contribution in [0.15, 0.2) is 6.20 Å². The Labute approximate surface area is 127 Å². The predicted molar refractivity (Wildman–Crippen MR) is 76.7 cm³/mol. The number of primary amides is 1. The van der Waals surface area contributed by atoms with Crippen LogP contribution in [0.3, 0.4) is 0 Å². The Balaban J connectivity index is 2.44. The van der Waals surface area contributed by atoms with Crippen LogP contribution in [0.1, 0.15) is 49.4 Å². The molecule has 0 aliphatic heterocycles. The van der Waals surface area contributed by atoms with Crippen LogP contribution >= 0.6 is 0 Å². The maximum atomic E-state index is 11.5. The molecule has 8 heteroatoms. The van der Waals surface area contributed by atoms with Crippen molar-refractivity contribution in [3.05, 3.63) is 11.8 Å². The number of aromatic nitrogens is 2. The average Bonchev–Trinajstić information content (AvgIpc) is 2.85. The van der Waals surface area contributed by atoms with Crippen LogP contribution in [0.2, 0.25) is 0 Å². The quantitative estimate of drug-likeness (QED) is 0.844. The van der Waals surface area contributed by atoms with Crippen LogP contribution in [-0.2, 0) is 15.1 Å². The summed E-state index contributed by atoms with van der Waals surface area (Å²) in [7, 11) is 0. The van der Waals surface area contributed by atoms with Gasteiger partial charge in [0.25, 0.3) is 5.91 Å². The van der Waals surface area contributed by atoms with Crippen molar-refractivity contribution in [3.8, 4) is 6.07 Å². The molecular formula is C14H17N5O3. The Bertz CT molecular complexity index is 661. The second-order valence-corrected chi connectivity index (χ2v) is 5.48. The van der Waals surface area contributed by atoms with Gasteiger partial charge in [-0.1, -0.05) is 0 Å². The van der Waals surface area contributed by atoms with E-state index in [0.717, 1.165) is 0 Å². The number of hydrogen-bond acceptors (Lipinski definition) is 5. The van der Waals surface area contributed by atoms with Crippen molar-refractivity contribution in [2.75, 3.05) is 5.32 Å². The smallest absolute Gasteiger partial charge is 0.254 e. The topological polar surface area (TPSA) is 131 Å². The Morgan fingerprint density at radius 3 is 2.64 bits per heavy atom. The van der Waals surface area contributed by atoms with Crippen LogP contribution in [0.4, 0.5) is 5.82 Å². The summed E-state index contributed by atoms with van der Waals surface area (Å²) in [5.74, 6) is -0.859. The third-order valence-electron chi connectivity index (χ3n) is 3.91. The molecule has 116 valence electrons. The molecule has 1 saturated carbocycles. The van der Waals surface area contributed by atoms with Gasteiger partial charge in [0.15, 0.2) is 5.82 Å². The molecule has 1 aliphatic rings. The largest absolute Gasteiger partial charge is 0.365 e. The van der Waals surface area contributed by atoms with Crippen molar-refractivity contribution in [2.24, 2.45) is 5.73 Å². The van der Waals surface area contributed by atoms with Gasteiger partial charge in [-0.25, -0.2) is 0 Å². The first-order valence-corrected chi connectivity index (χ1v) is 6.94. The molecular weight excluding hydrogens is 286 g/mol. The maximum Gasteiger partial charge on any atom is 0.254 e. The molecule has 1 aromatic heterocycles. The van der Waals surface area contributed by atoms with Gasteiger partial charge < -0.3 is 11.1 Å². The van der Waals surface area contributed by atoms with Crippen LogP contribution < -0.4 is 11.1 Å². The number of nitriles is 1. The number of anilines is 1. The van der Waals surface area contributed by atoms with E-state index in [-0.39, 0.29) is 29.5 Å². The molecule has 2 rings (SSSR count). The summed E-state index contributed by atoms with van der Waals surface area (Å²) in [6, 6.07) is 2.11. The lowest BCUT2D eigenvalue weighted by atomic mass is 9.79. The lowest BCUT2D eigenvalue weighted by Gasteiger charge is -2.35. The highest BCUT2D eigenvalue weighted by Crippen LogP contribution is 2.37. The molecule has 8 nitrogen and oxygen atoms in total. The minimum absolute atomic E-state index is 0.0780. The second-order valence-electron chi connectivity index (χ2n) is 5.48. The standard InChI is InChI=1S/C14H17N5O3/c1-9(20)17-13-11(12(16)22)8-19(18-13)14(6-7-15)4-2-10(21)3-5-14/h8H,2-6H2,1H3,(H2,16,22)(H,17,18,20). The first kappa shape index (κ1) is 15.7. The fraction of sp³-hybridized carbons (Fsp3) is 0.500. The SMILES string of the molecule is CC(=O)Nc1nn(C2(CC#N)CCC(=O)CC2)cc1C(N)=O. The van der Waals surface area contributed by atoms with Crippen molar-refractivity contribution in [3.63, 3.8) is 0 Å². The Kier molecular flexibility index (Phi) is 4.26. The fourth-order valence-corrected chi connectivity index (χ4v) is 2.68. The highest BCUT2D eigenvalue weighted by molar-refractivity contribution is 6.01. The summed E-state index contributed by atoms with van der Waals surface area (Å²) < 4.78 is 1.51. The molecule has 1 aromatic rings.